The molecule has 1 fully saturated rings. The van der Waals surface area contributed by atoms with E-state index < -0.39 is 10.0 Å². The fraction of sp³-hybridized carbons (Fsp3) is 0.727. The van der Waals surface area contributed by atoms with Crippen molar-refractivity contribution in [3.05, 3.63) is 12.3 Å². The molecule has 0 amide bonds. The number of aromatic nitrogens is 2. The fourth-order valence-corrected chi connectivity index (χ4v) is 3.38. The van der Waals surface area contributed by atoms with Crippen molar-refractivity contribution in [2.75, 3.05) is 17.8 Å². The lowest BCUT2D eigenvalue weighted by Gasteiger charge is -2.22. The van der Waals surface area contributed by atoms with Gasteiger partial charge in [0, 0.05) is 24.8 Å². The van der Waals surface area contributed by atoms with Crippen LogP contribution in [-0.4, -0.2) is 36.5 Å². The summed E-state index contributed by atoms with van der Waals surface area (Å²) < 4.78 is 28.6. The van der Waals surface area contributed by atoms with Crippen LogP contribution >= 0.6 is 0 Å². The summed E-state index contributed by atoms with van der Waals surface area (Å²) in [7, 11) is -3.34. The molecule has 7 heteroatoms. The van der Waals surface area contributed by atoms with Crippen LogP contribution in [0.25, 0.3) is 0 Å². The third-order valence-corrected chi connectivity index (χ3v) is 4.85. The molecule has 1 unspecified atom stereocenters. The van der Waals surface area contributed by atoms with E-state index in [-0.39, 0.29) is 11.3 Å². The Morgan fingerprint density at radius 1 is 1.56 bits per heavy atom. The molecule has 0 saturated carbocycles. The zero-order chi connectivity index (χ0) is 13.2. The second-order valence-corrected chi connectivity index (χ2v) is 6.85. The highest BCUT2D eigenvalue weighted by Crippen LogP contribution is 2.16. The molecule has 1 aromatic heterocycles. The first-order chi connectivity index (χ1) is 8.49. The molecule has 1 aliphatic heterocycles. The minimum Gasteiger partial charge on any atom is -0.315 e. The number of rotatable bonds is 4. The molecule has 102 valence electrons. The second-order valence-electron chi connectivity index (χ2n) is 4.89. The first kappa shape index (κ1) is 13.4. The van der Waals surface area contributed by atoms with Gasteiger partial charge in [-0.05, 0) is 33.2 Å². The Morgan fingerprint density at radius 2 is 2.33 bits per heavy atom. The minimum absolute atomic E-state index is 0.222. The van der Waals surface area contributed by atoms with E-state index in [4.69, 9.17) is 0 Å². The molecule has 1 aliphatic rings. The monoisotopic (exact) mass is 272 g/mol. The molecule has 1 aromatic rings. The molecule has 2 rings (SSSR count). The summed E-state index contributed by atoms with van der Waals surface area (Å²) in [5.41, 5.74) is 0. The second kappa shape index (κ2) is 5.27. The Labute approximate surface area is 108 Å². The quantitative estimate of drug-likeness (QED) is 0.856. The molecular formula is C11H20N4O2S. The smallest absolute Gasteiger partial charge is 0.238 e. The molecule has 6 nitrogen and oxygen atoms in total. The Balaban J connectivity index is 2.06. The van der Waals surface area contributed by atoms with E-state index in [1.165, 1.54) is 0 Å². The normalized spacial score (nSPS) is 21.2. The highest BCUT2D eigenvalue weighted by molar-refractivity contribution is 7.93. The van der Waals surface area contributed by atoms with Crippen LogP contribution < -0.4 is 10.0 Å². The van der Waals surface area contributed by atoms with E-state index in [0.717, 1.165) is 13.0 Å². The summed E-state index contributed by atoms with van der Waals surface area (Å²) >= 11 is 0. The summed E-state index contributed by atoms with van der Waals surface area (Å²) in [6.45, 7) is 5.40. The lowest BCUT2D eigenvalue weighted by Crippen LogP contribution is -2.41. The summed E-state index contributed by atoms with van der Waals surface area (Å²) in [4.78, 5) is 0. The molecule has 2 N–H and O–H groups in total. The van der Waals surface area contributed by atoms with Crippen molar-refractivity contribution >= 4 is 15.8 Å². The SMILES string of the molecule is CC(C)n1ccc(NS(=O)(=O)C2CCCNC2)n1. The van der Waals surface area contributed by atoms with Gasteiger partial charge in [0.1, 0.15) is 0 Å². The van der Waals surface area contributed by atoms with Gasteiger partial charge in [-0.1, -0.05) is 0 Å². The Kier molecular flexibility index (Phi) is 3.91. The average Bonchev–Trinajstić information content (AvgIpc) is 2.78. The van der Waals surface area contributed by atoms with E-state index in [2.05, 4.69) is 15.1 Å². The molecule has 18 heavy (non-hydrogen) atoms. The number of piperidine rings is 1. The highest BCUT2D eigenvalue weighted by atomic mass is 32.2. The third-order valence-electron chi connectivity index (χ3n) is 3.07. The van der Waals surface area contributed by atoms with Crippen LogP contribution in [0.2, 0.25) is 0 Å². The zero-order valence-electron chi connectivity index (χ0n) is 10.8. The van der Waals surface area contributed by atoms with Crippen LogP contribution in [0, 0.1) is 0 Å². The summed E-state index contributed by atoms with van der Waals surface area (Å²) in [6.07, 6.45) is 3.38. The standard InChI is InChI=1S/C11H20N4O2S/c1-9(2)15-7-5-11(13-15)14-18(16,17)10-4-3-6-12-8-10/h5,7,9-10,12H,3-4,6,8H2,1-2H3,(H,13,14). The van der Waals surface area contributed by atoms with Gasteiger partial charge in [0.05, 0.1) is 5.25 Å². The summed E-state index contributed by atoms with van der Waals surface area (Å²) in [6, 6.07) is 1.91. The van der Waals surface area contributed by atoms with E-state index in [9.17, 15) is 8.42 Å². The summed E-state index contributed by atoms with van der Waals surface area (Å²) in [5.74, 6) is 0.397. The minimum atomic E-state index is -3.34. The number of anilines is 1. The molecule has 0 radical (unpaired) electrons. The van der Waals surface area contributed by atoms with Gasteiger partial charge in [-0.3, -0.25) is 9.40 Å². The largest absolute Gasteiger partial charge is 0.315 e. The van der Waals surface area contributed by atoms with Gasteiger partial charge in [0.2, 0.25) is 10.0 Å². The van der Waals surface area contributed by atoms with E-state index >= 15 is 0 Å². The van der Waals surface area contributed by atoms with Gasteiger partial charge in [-0.15, -0.1) is 0 Å². The maximum absolute atomic E-state index is 12.1. The molecule has 1 atom stereocenters. The third kappa shape index (κ3) is 3.02. The number of nitrogens with zero attached hydrogens (tertiary/aromatic N) is 2. The highest BCUT2D eigenvalue weighted by Gasteiger charge is 2.27. The number of nitrogens with one attached hydrogen (secondary N) is 2. The molecule has 0 aliphatic carbocycles. The molecular weight excluding hydrogens is 252 g/mol. The maximum Gasteiger partial charge on any atom is 0.238 e. The molecule has 0 aromatic carbocycles. The Bertz CT molecular complexity index is 489. The van der Waals surface area contributed by atoms with Crippen molar-refractivity contribution in [3.8, 4) is 0 Å². The van der Waals surface area contributed by atoms with Crippen LogP contribution in [0.3, 0.4) is 0 Å². The van der Waals surface area contributed by atoms with E-state index in [1.807, 2.05) is 13.8 Å². The van der Waals surface area contributed by atoms with E-state index in [0.29, 0.717) is 18.8 Å². The van der Waals surface area contributed by atoms with Gasteiger partial charge >= 0.3 is 0 Å². The lowest BCUT2D eigenvalue weighted by atomic mass is 10.2. The topological polar surface area (TPSA) is 76.0 Å². The van der Waals surface area contributed by atoms with Gasteiger partial charge in [0.25, 0.3) is 0 Å². The molecule has 2 heterocycles. The predicted molar refractivity (Wildman–Crippen MR) is 71.0 cm³/mol. The predicted octanol–water partition coefficient (Wildman–Crippen LogP) is 0.958. The number of hydrogen-bond donors (Lipinski definition) is 2. The van der Waals surface area contributed by atoms with Gasteiger partial charge in [0.15, 0.2) is 5.82 Å². The van der Waals surface area contributed by atoms with Crippen LogP contribution in [0.1, 0.15) is 32.7 Å². The van der Waals surface area contributed by atoms with Crippen LogP contribution in [0.4, 0.5) is 5.82 Å². The Hall–Kier alpha value is -1.08. The zero-order valence-corrected chi connectivity index (χ0v) is 11.6. The van der Waals surface area contributed by atoms with Crippen molar-refractivity contribution in [1.29, 1.82) is 0 Å². The van der Waals surface area contributed by atoms with Crippen LogP contribution in [0.15, 0.2) is 12.3 Å². The Morgan fingerprint density at radius 3 is 2.89 bits per heavy atom. The molecule has 0 bridgehead atoms. The molecule has 1 saturated heterocycles. The lowest BCUT2D eigenvalue weighted by molar-refractivity contribution is 0.499. The number of hydrogen-bond acceptors (Lipinski definition) is 4. The van der Waals surface area contributed by atoms with Gasteiger partial charge < -0.3 is 5.32 Å². The average molecular weight is 272 g/mol. The van der Waals surface area contributed by atoms with E-state index in [1.54, 1.807) is 16.9 Å². The van der Waals surface area contributed by atoms with Gasteiger partial charge in [-0.2, -0.15) is 5.10 Å². The summed E-state index contributed by atoms with van der Waals surface area (Å²) in [5, 5.41) is 6.94. The van der Waals surface area contributed by atoms with Crippen molar-refractivity contribution in [3.63, 3.8) is 0 Å². The van der Waals surface area contributed by atoms with Crippen LogP contribution in [-0.2, 0) is 10.0 Å². The van der Waals surface area contributed by atoms with Crippen molar-refractivity contribution in [1.82, 2.24) is 15.1 Å². The maximum atomic E-state index is 12.1. The van der Waals surface area contributed by atoms with Gasteiger partial charge in [-0.25, -0.2) is 8.42 Å². The first-order valence-corrected chi connectivity index (χ1v) is 7.81. The van der Waals surface area contributed by atoms with Crippen LogP contribution in [0.5, 0.6) is 0 Å². The van der Waals surface area contributed by atoms with Crippen molar-refractivity contribution in [2.24, 2.45) is 0 Å². The van der Waals surface area contributed by atoms with Crippen molar-refractivity contribution in [2.45, 2.75) is 38.0 Å². The van der Waals surface area contributed by atoms with Crippen molar-refractivity contribution < 1.29 is 8.42 Å². The fourth-order valence-electron chi connectivity index (χ4n) is 1.99. The first-order valence-electron chi connectivity index (χ1n) is 6.26. The molecule has 0 spiro atoms. The number of sulfonamides is 1.